The Bertz CT molecular complexity index is 1280. The number of carbonyl (C=O) groups is 2. The number of rotatable bonds is 11. The quantitative estimate of drug-likeness (QED) is 0.255. The molecule has 0 bridgehead atoms. The van der Waals surface area contributed by atoms with Crippen LogP contribution in [0.1, 0.15) is 61.7 Å². The van der Waals surface area contributed by atoms with Crippen molar-refractivity contribution in [1.29, 1.82) is 0 Å². The average Bonchev–Trinajstić information content (AvgIpc) is 2.85. The van der Waals surface area contributed by atoms with Crippen LogP contribution < -0.4 is 24.8 Å². The van der Waals surface area contributed by atoms with Gasteiger partial charge < -0.3 is 29.6 Å². The Morgan fingerprint density at radius 2 is 1.52 bits per heavy atom. The first kappa shape index (κ1) is 30.3. The molecule has 0 unspecified atom stereocenters. The highest BCUT2D eigenvalue weighted by Gasteiger charge is 2.17. The fourth-order valence-corrected chi connectivity index (χ4v) is 3.94. The molecule has 0 heterocycles. The summed E-state index contributed by atoms with van der Waals surface area (Å²) < 4.78 is 23.0. The van der Waals surface area contributed by atoms with Gasteiger partial charge in [-0.05, 0) is 77.3 Å². The van der Waals surface area contributed by atoms with Crippen molar-refractivity contribution in [1.82, 2.24) is 5.32 Å². The molecule has 0 saturated carbocycles. The van der Waals surface area contributed by atoms with Crippen molar-refractivity contribution in [3.05, 3.63) is 82.9 Å². The van der Waals surface area contributed by atoms with E-state index in [-0.39, 0.29) is 18.6 Å². The van der Waals surface area contributed by atoms with Crippen molar-refractivity contribution < 1.29 is 28.5 Å². The summed E-state index contributed by atoms with van der Waals surface area (Å²) in [5, 5.41) is 5.64. The number of hydrogen-bond donors (Lipinski definition) is 2. The van der Waals surface area contributed by atoms with E-state index in [2.05, 4.69) is 10.6 Å². The topological polar surface area (TPSA) is 95.1 Å². The molecule has 40 heavy (non-hydrogen) atoms. The molecule has 8 nitrogen and oxygen atoms in total. The van der Waals surface area contributed by atoms with Gasteiger partial charge in [0, 0.05) is 29.4 Å². The minimum absolute atomic E-state index is 0.0369. The first-order chi connectivity index (χ1) is 18.9. The van der Waals surface area contributed by atoms with Crippen LogP contribution in [0.3, 0.4) is 0 Å². The van der Waals surface area contributed by atoms with Crippen molar-refractivity contribution in [2.45, 2.75) is 66.8 Å². The lowest BCUT2D eigenvalue weighted by molar-refractivity contribution is 0.0520. The summed E-state index contributed by atoms with van der Waals surface area (Å²) in [5.74, 6) is 1.60. The lowest BCUT2D eigenvalue weighted by Gasteiger charge is -2.20. The highest BCUT2D eigenvalue weighted by atomic mass is 16.6. The highest BCUT2D eigenvalue weighted by Crippen LogP contribution is 2.29. The third kappa shape index (κ3) is 9.84. The second kappa shape index (κ2) is 13.7. The Morgan fingerprint density at radius 1 is 0.875 bits per heavy atom. The smallest absolute Gasteiger partial charge is 0.407 e. The van der Waals surface area contributed by atoms with E-state index < -0.39 is 11.7 Å². The number of amides is 2. The molecule has 3 aromatic carbocycles. The molecule has 0 aromatic heterocycles. The van der Waals surface area contributed by atoms with Crippen LogP contribution >= 0.6 is 0 Å². The highest BCUT2D eigenvalue weighted by molar-refractivity contribution is 6.04. The van der Waals surface area contributed by atoms with Gasteiger partial charge in [0.1, 0.15) is 36.1 Å². The molecule has 3 aromatic rings. The van der Waals surface area contributed by atoms with Crippen LogP contribution in [0.4, 0.5) is 10.5 Å². The Kier molecular flexibility index (Phi) is 10.4. The lowest BCUT2D eigenvalue weighted by atomic mass is 10.0. The van der Waals surface area contributed by atoms with Gasteiger partial charge in [0.05, 0.1) is 12.6 Å². The molecule has 0 spiro atoms. The fraction of sp³-hybridized carbons (Fsp3) is 0.375. The third-order valence-electron chi connectivity index (χ3n) is 5.50. The maximum Gasteiger partial charge on any atom is 0.407 e. The van der Waals surface area contributed by atoms with E-state index in [0.717, 1.165) is 16.7 Å². The molecule has 3 rings (SSSR count). The molecule has 0 aliphatic rings. The molecular formula is C32H40N2O6. The summed E-state index contributed by atoms with van der Waals surface area (Å²) in [6.45, 7) is 14.0. The third-order valence-corrected chi connectivity index (χ3v) is 5.50. The van der Waals surface area contributed by atoms with E-state index in [4.69, 9.17) is 18.9 Å². The molecule has 0 radical (unpaired) electrons. The first-order valence-electron chi connectivity index (χ1n) is 13.4. The molecule has 2 amide bonds. The van der Waals surface area contributed by atoms with E-state index >= 15 is 0 Å². The predicted octanol–water partition coefficient (Wildman–Crippen LogP) is 6.83. The van der Waals surface area contributed by atoms with E-state index in [0.29, 0.717) is 41.7 Å². The summed E-state index contributed by atoms with van der Waals surface area (Å²) in [7, 11) is 0. The molecule has 0 atom stereocenters. The maximum absolute atomic E-state index is 13.2. The number of aryl methyl sites for hydroxylation is 2. The normalized spacial score (nSPS) is 11.1. The van der Waals surface area contributed by atoms with Gasteiger partial charge in [0.2, 0.25) is 0 Å². The van der Waals surface area contributed by atoms with Crippen molar-refractivity contribution in [2.75, 3.05) is 18.5 Å². The van der Waals surface area contributed by atoms with Crippen LogP contribution in [-0.4, -0.2) is 36.9 Å². The van der Waals surface area contributed by atoms with Crippen molar-refractivity contribution in [3.63, 3.8) is 0 Å². The number of hydrogen-bond acceptors (Lipinski definition) is 6. The Balaban J connectivity index is 1.66. The summed E-state index contributed by atoms with van der Waals surface area (Å²) >= 11 is 0. The van der Waals surface area contributed by atoms with E-state index in [1.165, 1.54) is 0 Å². The number of nitrogens with one attached hydrogen (secondary N) is 2. The largest absolute Gasteiger partial charge is 0.491 e. The van der Waals surface area contributed by atoms with Gasteiger partial charge in [-0.15, -0.1) is 0 Å². The van der Waals surface area contributed by atoms with E-state index in [1.54, 1.807) is 24.3 Å². The summed E-state index contributed by atoms with van der Waals surface area (Å²) in [6.07, 6.45) is -0.529. The molecule has 0 saturated heterocycles. The zero-order valence-electron chi connectivity index (χ0n) is 24.4. The van der Waals surface area contributed by atoms with Gasteiger partial charge in [-0.25, -0.2) is 4.79 Å². The Morgan fingerprint density at radius 3 is 2.15 bits per heavy atom. The number of benzene rings is 3. The Labute approximate surface area is 237 Å². The van der Waals surface area contributed by atoms with Gasteiger partial charge in [-0.2, -0.15) is 0 Å². The summed E-state index contributed by atoms with van der Waals surface area (Å²) in [6, 6.07) is 18.8. The van der Waals surface area contributed by atoms with E-state index in [9.17, 15) is 9.59 Å². The fourth-order valence-electron chi connectivity index (χ4n) is 3.94. The van der Waals surface area contributed by atoms with Crippen LogP contribution in [0.15, 0.2) is 60.7 Å². The monoisotopic (exact) mass is 548 g/mol. The van der Waals surface area contributed by atoms with Gasteiger partial charge in [-0.1, -0.05) is 30.3 Å². The predicted molar refractivity (Wildman–Crippen MR) is 157 cm³/mol. The molecule has 214 valence electrons. The molecule has 0 aliphatic carbocycles. The number of carbonyl (C=O) groups excluding carboxylic acids is 2. The zero-order valence-corrected chi connectivity index (χ0v) is 24.4. The van der Waals surface area contributed by atoms with Crippen LogP contribution in [0.2, 0.25) is 0 Å². The standard InChI is InChI=1S/C32H40N2O6/c1-21(2)39-28-18-26(17-27(19-28)38-20-24-11-9-8-10-12-24)34-30(35)25-15-22(3)29(23(4)16-25)37-14-13-33-31(36)40-32(5,6)7/h8-12,15-19,21H,13-14,20H2,1-7H3,(H,33,36)(H,34,35). The van der Waals surface area contributed by atoms with Gasteiger partial charge in [0.15, 0.2) is 0 Å². The number of ether oxygens (including phenoxy) is 4. The van der Waals surface area contributed by atoms with E-state index in [1.807, 2.05) is 84.9 Å². The van der Waals surface area contributed by atoms with Gasteiger partial charge in [0.25, 0.3) is 5.91 Å². The minimum Gasteiger partial charge on any atom is -0.491 e. The van der Waals surface area contributed by atoms with Crippen molar-refractivity contribution in [2.24, 2.45) is 0 Å². The van der Waals surface area contributed by atoms with Crippen molar-refractivity contribution in [3.8, 4) is 17.2 Å². The average molecular weight is 549 g/mol. The number of alkyl carbamates (subject to hydrolysis) is 1. The van der Waals surface area contributed by atoms with Gasteiger partial charge in [-0.3, -0.25) is 4.79 Å². The van der Waals surface area contributed by atoms with Gasteiger partial charge >= 0.3 is 6.09 Å². The SMILES string of the molecule is Cc1cc(C(=O)Nc2cc(OCc3ccccc3)cc(OC(C)C)c2)cc(C)c1OCCNC(=O)OC(C)(C)C. The van der Waals surface area contributed by atoms with Crippen LogP contribution in [-0.2, 0) is 11.3 Å². The maximum atomic E-state index is 13.2. The molecular weight excluding hydrogens is 508 g/mol. The molecule has 0 aliphatic heterocycles. The Hall–Kier alpha value is -4.20. The zero-order chi connectivity index (χ0) is 29.3. The molecule has 2 N–H and O–H groups in total. The minimum atomic E-state index is -0.561. The van der Waals surface area contributed by atoms with Crippen LogP contribution in [0.25, 0.3) is 0 Å². The summed E-state index contributed by atoms with van der Waals surface area (Å²) in [4.78, 5) is 25.0. The number of anilines is 1. The lowest BCUT2D eigenvalue weighted by Crippen LogP contribution is -2.34. The second-order valence-electron chi connectivity index (χ2n) is 10.8. The molecule has 0 fully saturated rings. The van der Waals surface area contributed by atoms with Crippen LogP contribution in [0.5, 0.6) is 17.2 Å². The first-order valence-corrected chi connectivity index (χ1v) is 13.4. The summed E-state index contributed by atoms with van der Waals surface area (Å²) in [5.41, 5.74) is 3.16. The van der Waals surface area contributed by atoms with Crippen LogP contribution in [0, 0.1) is 13.8 Å². The molecule has 8 heteroatoms. The second-order valence-corrected chi connectivity index (χ2v) is 10.8. The van der Waals surface area contributed by atoms with Crippen molar-refractivity contribution >= 4 is 17.7 Å².